The molecule has 0 unspecified atom stereocenters. The minimum Gasteiger partial charge on any atom is -0.477 e. The van der Waals surface area contributed by atoms with Crippen molar-refractivity contribution < 1.29 is 9.90 Å². The molecule has 0 aliphatic heterocycles. The number of hydrogen-bond acceptors (Lipinski definition) is 2. The first-order valence-electron chi connectivity index (χ1n) is 5.93. The number of carboxylic acid groups (broad SMARTS) is 1. The lowest BCUT2D eigenvalue weighted by Crippen LogP contribution is -2.03. The number of nitrogens with zero attached hydrogens (tertiary/aromatic N) is 2. The summed E-state index contributed by atoms with van der Waals surface area (Å²) < 4.78 is 1.59. The Kier molecular flexibility index (Phi) is 2.56. The van der Waals surface area contributed by atoms with E-state index in [2.05, 4.69) is 4.98 Å². The number of pyridine rings is 1. The zero-order valence-corrected chi connectivity index (χ0v) is 10.4. The Labute approximate surface area is 110 Å². The Morgan fingerprint density at radius 1 is 1.16 bits per heavy atom. The van der Waals surface area contributed by atoms with Gasteiger partial charge in [-0.1, -0.05) is 35.9 Å². The molecule has 0 atom stereocenters. The Bertz CT molecular complexity index is 757. The van der Waals surface area contributed by atoms with Gasteiger partial charge in [0.1, 0.15) is 11.3 Å². The van der Waals surface area contributed by atoms with Gasteiger partial charge in [-0.2, -0.15) is 0 Å². The highest BCUT2D eigenvalue weighted by molar-refractivity contribution is 5.87. The smallest absolute Gasteiger partial charge is 0.352 e. The Hall–Kier alpha value is -2.62. The molecule has 94 valence electrons. The summed E-state index contributed by atoms with van der Waals surface area (Å²) in [5.74, 6) is -0.960. The quantitative estimate of drug-likeness (QED) is 0.762. The number of aromatic carboxylic acids is 1. The number of aromatic nitrogens is 2. The largest absolute Gasteiger partial charge is 0.477 e. The predicted octanol–water partition coefficient (Wildman–Crippen LogP) is 3.01. The summed E-state index contributed by atoms with van der Waals surface area (Å²) in [5.41, 5.74) is 3.77. The first-order valence-corrected chi connectivity index (χ1v) is 5.93. The lowest BCUT2D eigenvalue weighted by molar-refractivity contribution is 0.0689. The van der Waals surface area contributed by atoms with E-state index in [0.717, 1.165) is 11.3 Å². The highest BCUT2D eigenvalue weighted by Crippen LogP contribution is 2.20. The zero-order chi connectivity index (χ0) is 13.4. The number of carboxylic acids is 1. The van der Waals surface area contributed by atoms with Gasteiger partial charge in [-0.3, -0.25) is 4.40 Å². The van der Waals surface area contributed by atoms with Gasteiger partial charge in [0.25, 0.3) is 0 Å². The molecule has 1 N–H and O–H groups in total. The number of aryl methyl sites for hydroxylation is 1. The number of rotatable bonds is 2. The van der Waals surface area contributed by atoms with E-state index in [1.807, 2.05) is 31.2 Å². The highest BCUT2D eigenvalue weighted by Gasteiger charge is 2.11. The second-order valence-corrected chi connectivity index (χ2v) is 4.44. The summed E-state index contributed by atoms with van der Waals surface area (Å²) in [6.45, 7) is 2.02. The van der Waals surface area contributed by atoms with Crippen LogP contribution in [-0.2, 0) is 0 Å². The van der Waals surface area contributed by atoms with Gasteiger partial charge < -0.3 is 5.11 Å². The van der Waals surface area contributed by atoms with Crippen LogP contribution in [0.2, 0.25) is 0 Å². The van der Waals surface area contributed by atoms with Crippen molar-refractivity contribution in [2.45, 2.75) is 6.92 Å². The Morgan fingerprint density at radius 2 is 1.89 bits per heavy atom. The van der Waals surface area contributed by atoms with Gasteiger partial charge in [0, 0.05) is 11.8 Å². The van der Waals surface area contributed by atoms with E-state index < -0.39 is 5.97 Å². The van der Waals surface area contributed by atoms with E-state index in [4.69, 9.17) is 5.11 Å². The summed E-state index contributed by atoms with van der Waals surface area (Å²) >= 11 is 0. The molecule has 0 saturated heterocycles. The summed E-state index contributed by atoms with van der Waals surface area (Å²) in [6.07, 6.45) is 1.75. The van der Waals surface area contributed by atoms with E-state index in [0.29, 0.717) is 5.65 Å². The van der Waals surface area contributed by atoms with Crippen molar-refractivity contribution >= 4 is 11.6 Å². The molecule has 0 aliphatic carbocycles. The molecule has 0 aliphatic rings. The molecule has 2 heterocycles. The van der Waals surface area contributed by atoms with Gasteiger partial charge in [0.05, 0.1) is 5.69 Å². The fourth-order valence-corrected chi connectivity index (χ4v) is 2.05. The minimum absolute atomic E-state index is 0.211. The average molecular weight is 252 g/mol. The first-order chi connectivity index (χ1) is 9.15. The maximum Gasteiger partial charge on any atom is 0.352 e. The van der Waals surface area contributed by atoms with Crippen LogP contribution in [-0.4, -0.2) is 20.5 Å². The van der Waals surface area contributed by atoms with Crippen LogP contribution in [0.4, 0.5) is 0 Å². The fourth-order valence-electron chi connectivity index (χ4n) is 2.05. The van der Waals surface area contributed by atoms with Crippen molar-refractivity contribution in [2.75, 3.05) is 0 Å². The third-order valence-electron chi connectivity index (χ3n) is 3.06. The molecule has 0 saturated carbocycles. The maximum atomic E-state index is 11.2. The summed E-state index contributed by atoms with van der Waals surface area (Å²) in [7, 11) is 0. The van der Waals surface area contributed by atoms with Gasteiger partial charge in [-0.25, -0.2) is 9.78 Å². The van der Waals surface area contributed by atoms with Crippen molar-refractivity contribution in [3.05, 3.63) is 59.9 Å². The van der Waals surface area contributed by atoms with Crippen LogP contribution in [0.5, 0.6) is 0 Å². The molecule has 4 heteroatoms. The monoisotopic (exact) mass is 252 g/mol. The number of carbonyl (C=O) groups is 1. The summed E-state index contributed by atoms with van der Waals surface area (Å²) in [4.78, 5) is 15.6. The van der Waals surface area contributed by atoms with Crippen LogP contribution in [0, 0.1) is 6.92 Å². The molecule has 0 amide bonds. The fraction of sp³-hybridized carbons (Fsp3) is 0.0667. The Balaban J connectivity index is 2.19. The van der Waals surface area contributed by atoms with Crippen molar-refractivity contribution in [1.29, 1.82) is 0 Å². The van der Waals surface area contributed by atoms with Crippen LogP contribution in [0.1, 0.15) is 16.1 Å². The second-order valence-electron chi connectivity index (χ2n) is 4.44. The highest BCUT2D eigenvalue weighted by atomic mass is 16.4. The molecular formula is C15H12N2O2. The molecule has 4 nitrogen and oxygen atoms in total. The molecule has 0 fully saturated rings. The predicted molar refractivity (Wildman–Crippen MR) is 72.3 cm³/mol. The molecule has 0 radical (unpaired) electrons. The normalized spacial score (nSPS) is 10.8. The van der Waals surface area contributed by atoms with E-state index in [1.165, 1.54) is 5.56 Å². The van der Waals surface area contributed by atoms with Crippen molar-refractivity contribution in [1.82, 2.24) is 9.38 Å². The van der Waals surface area contributed by atoms with Crippen LogP contribution >= 0.6 is 0 Å². The number of hydrogen-bond donors (Lipinski definition) is 1. The number of imidazole rings is 1. The number of fused-ring (bicyclic) bond motifs is 1. The zero-order valence-electron chi connectivity index (χ0n) is 10.4. The summed E-state index contributed by atoms with van der Waals surface area (Å²) in [6, 6.07) is 13.1. The standard InChI is InChI=1S/C15H12N2O2/c1-10-5-7-11(8-6-10)12-9-17-13(15(18)19)3-2-4-14(17)16-12/h2-9H,1H3,(H,18,19). The lowest BCUT2D eigenvalue weighted by Gasteiger charge is -1.98. The molecule has 0 spiro atoms. The van der Waals surface area contributed by atoms with Crippen LogP contribution in [0.15, 0.2) is 48.7 Å². The lowest BCUT2D eigenvalue weighted by atomic mass is 10.1. The van der Waals surface area contributed by atoms with Crippen LogP contribution < -0.4 is 0 Å². The SMILES string of the molecule is Cc1ccc(-c2cn3c(C(=O)O)cccc3n2)cc1. The first kappa shape index (κ1) is 11.5. The molecule has 19 heavy (non-hydrogen) atoms. The van der Waals surface area contributed by atoms with E-state index >= 15 is 0 Å². The molecule has 0 bridgehead atoms. The molecule has 2 aromatic heterocycles. The second kappa shape index (κ2) is 4.24. The third kappa shape index (κ3) is 1.97. The molecule has 3 aromatic rings. The molecule has 3 rings (SSSR count). The van der Waals surface area contributed by atoms with E-state index in [9.17, 15) is 4.79 Å². The van der Waals surface area contributed by atoms with Crippen LogP contribution in [0.25, 0.3) is 16.9 Å². The van der Waals surface area contributed by atoms with Gasteiger partial charge in [-0.15, -0.1) is 0 Å². The van der Waals surface area contributed by atoms with Gasteiger partial charge >= 0.3 is 5.97 Å². The summed E-state index contributed by atoms with van der Waals surface area (Å²) in [5, 5.41) is 9.15. The van der Waals surface area contributed by atoms with Gasteiger partial charge in [-0.05, 0) is 19.1 Å². The van der Waals surface area contributed by atoms with Crippen molar-refractivity contribution in [2.24, 2.45) is 0 Å². The van der Waals surface area contributed by atoms with Crippen LogP contribution in [0.3, 0.4) is 0 Å². The maximum absolute atomic E-state index is 11.2. The topological polar surface area (TPSA) is 54.6 Å². The van der Waals surface area contributed by atoms with E-state index in [-0.39, 0.29) is 5.69 Å². The number of benzene rings is 1. The average Bonchev–Trinajstić information content (AvgIpc) is 2.82. The van der Waals surface area contributed by atoms with Gasteiger partial charge in [0.2, 0.25) is 0 Å². The third-order valence-corrected chi connectivity index (χ3v) is 3.06. The van der Waals surface area contributed by atoms with Gasteiger partial charge in [0.15, 0.2) is 0 Å². The van der Waals surface area contributed by atoms with E-state index in [1.54, 1.807) is 28.8 Å². The molecule has 1 aromatic carbocycles. The minimum atomic E-state index is -0.960. The molecular weight excluding hydrogens is 240 g/mol. The Morgan fingerprint density at radius 3 is 2.58 bits per heavy atom. The van der Waals surface area contributed by atoms with Crippen molar-refractivity contribution in [3.8, 4) is 11.3 Å². The van der Waals surface area contributed by atoms with Crippen molar-refractivity contribution in [3.63, 3.8) is 0 Å².